The lowest BCUT2D eigenvalue weighted by molar-refractivity contribution is -0.122. The molecular formula is C18H24N4O2S2. The van der Waals surface area contributed by atoms with Crippen molar-refractivity contribution in [1.29, 1.82) is 0 Å². The number of hydrogen-bond donors (Lipinski definition) is 2. The third-order valence-corrected chi connectivity index (χ3v) is 6.77. The van der Waals surface area contributed by atoms with Gasteiger partial charge in [0, 0.05) is 29.3 Å². The Morgan fingerprint density at radius 3 is 2.77 bits per heavy atom. The highest BCUT2D eigenvalue weighted by Gasteiger charge is 2.17. The number of aryl methyl sites for hydroxylation is 2. The zero-order valence-electron chi connectivity index (χ0n) is 15.1. The molecule has 6 nitrogen and oxygen atoms in total. The normalized spacial score (nSPS) is 14.7. The molecule has 2 aromatic rings. The third-order valence-electron chi connectivity index (χ3n) is 4.67. The first-order valence-electron chi connectivity index (χ1n) is 8.94. The van der Waals surface area contributed by atoms with Gasteiger partial charge in [-0.25, -0.2) is 9.97 Å². The number of nitrogens with one attached hydrogen (secondary N) is 2. The van der Waals surface area contributed by atoms with Gasteiger partial charge in [0.1, 0.15) is 16.2 Å². The van der Waals surface area contributed by atoms with Crippen LogP contribution in [0.1, 0.15) is 42.5 Å². The number of thiophene rings is 1. The van der Waals surface area contributed by atoms with E-state index in [4.69, 9.17) is 0 Å². The summed E-state index contributed by atoms with van der Waals surface area (Å²) in [5.41, 5.74) is 1.18. The Morgan fingerprint density at radius 1 is 1.23 bits per heavy atom. The number of aromatic nitrogens is 2. The van der Waals surface area contributed by atoms with E-state index in [1.807, 2.05) is 0 Å². The second kappa shape index (κ2) is 8.81. The lowest BCUT2D eigenvalue weighted by atomic mass is 10.2. The molecule has 2 heterocycles. The predicted molar refractivity (Wildman–Crippen MR) is 106 cm³/mol. The van der Waals surface area contributed by atoms with Gasteiger partial charge in [0.05, 0.1) is 5.75 Å². The summed E-state index contributed by atoms with van der Waals surface area (Å²) in [6.07, 6.45) is 6.41. The molecule has 0 atom stereocenters. The molecule has 26 heavy (non-hydrogen) atoms. The number of thioether (sulfide) groups is 1. The van der Waals surface area contributed by atoms with E-state index < -0.39 is 0 Å². The van der Waals surface area contributed by atoms with Crippen molar-refractivity contribution in [2.75, 3.05) is 12.3 Å². The number of rotatable bonds is 7. The van der Waals surface area contributed by atoms with Crippen molar-refractivity contribution >= 4 is 45.1 Å². The number of carbonyl (C=O) groups is 2. The average Bonchev–Trinajstić information content (AvgIpc) is 3.21. The minimum absolute atomic E-state index is 0.0201. The second-order valence-corrected chi connectivity index (χ2v) is 8.75. The lowest BCUT2D eigenvalue weighted by Crippen LogP contribution is -2.36. The van der Waals surface area contributed by atoms with Crippen LogP contribution in [-0.2, 0) is 9.59 Å². The predicted octanol–water partition coefficient (Wildman–Crippen LogP) is 2.97. The molecule has 0 saturated heterocycles. The van der Waals surface area contributed by atoms with Gasteiger partial charge in [0.15, 0.2) is 0 Å². The first-order valence-corrected chi connectivity index (χ1v) is 10.7. The van der Waals surface area contributed by atoms with Crippen LogP contribution in [-0.4, -0.2) is 40.1 Å². The monoisotopic (exact) mass is 392 g/mol. The first kappa shape index (κ1) is 19.1. The van der Waals surface area contributed by atoms with Crippen LogP contribution >= 0.6 is 23.1 Å². The molecule has 8 heteroatoms. The summed E-state index contributed by atoms with van der Waals surface area (Å²) in [4.78, 5) is 34.8. The summed E-state index contributed by atoms with van der Waals surface area (Å²) in [6, 6.07) is 0.325. The highest BCUT2D eigenvalue weighted by atomic mass is 32.2. The summed E-state index contributed by atoms with van der Waals surface area (Å²) in [6.45, 7) is 4.50. The number of hydrogen-bond acceptors (Lipinski definition) is 6. The van der Waals surface area contributed by atoms with Crippen molar-refractivity contribution in [1.82, 2.24) is 20.6 Å². The van der Waals surface area contributed by atoms with Crippen molar-refractivity contribution < 1.29 is 9.59 Å². The van der Waals surface area contributed by atoms with Crippen LogP contribution in [0.3, 0.4) is 0 Å². The Morgan fingerprint density at radius 2 is 2.00 bits per heavy atom. The van der Waals surface area contributed by atoms with Gasteiger partial charge in [0.25, 0.3) is 0 Å². The van der Waals surface area contributed by atoms with E-state index in [2.05, 4.69) is 34.4 Å². The topological polar surface area (TPSA) is 84.0 Å². The maximum atomic E-state index is 12.1. The van der Waals surface area contributed by atoms with Gasteiger partial charge in [-0.05, 0) is 32.3 Å². The van der Waals surface area contributed by atoms with Gasteiger partial charge < -0.3 is 10.6 Å². The van der Waals surface area contributed by atoms with Crippen LogP contribution in [0.15, 0.2) is 11.4 Å². The molecule has 1 aliphatic rings. The maximum absolute atomic E-state index is 12.1. The summed E-state index contributed by atoms with van der Waals surface area (Å²) in [5, 5.41) is 7.73. The summed E-state index contributed by atoms with van der Waals surface area (Å²) < 4.78 is 0. The number of amides is 2. The molecule has 0 bridgehead atoms. The Hall–Kier alpha value is -1.67. The van der Waals surface area contributed by atoms with Gasteiger partial charge in [-0.1, -0.05) is 24.6 Å². The Labute approximate surface area is 161 Å². The average molecular weight is 393 g/mol. The number of carbonyl (C=O) groups excluding carboxylic acids is 2. The van der Waals surface area contributed by atoms with Crippen LogP contribution < -0.4 is 10.6 Å². The summed E-state index contributed by atoms with van der Waals surface area (Å²) in [7, 11) is 0. The van der Waals surface area contributed by atoms with Gasteiger partial charge in [-0.3, -0.25) is 9.59 Å². The Kier molecular flexibility index (Phi) is 6.48. The van der Waals surface area contributed by atoms with Crippen LogP contribution in [0, 0.1) is 13.8 Å². The molecule has 2 amide bonds. The summed E-state index contributed by atoms with van der Waals surface area (Å²) >= 11 is 3.06. The van der Waals surface area contributed by atoms with Crippen LogP contribution in [0.4, 0.5) is 0 Å². The van der Waals surface area contributed by atoms with E-state index in [0.29, 0.717) is 19.0 Å². The van der Waals surface area contributed by atoms with Crippen LogP contribution in [0.2, 0.25) is 0 Å². The highest BCUT2D eigenvalue weighted by molar-refractivity contribution is 8.00. The largest absolute Gasteiger partial charge is 0.355 e. The summed E-state index contributed by atoms with van der Waals surface area (Å²) in [5.74, 6) is 0.219. The molecule has 140 valence electrons. The van der Waals surface area contributed by atoms with Gasteiger partial charge in [-0.15, -0.1) is 11.3 Å². The second-order valence-electron chi connectivity index (χ2n) is 6.58. The van der Waals surface area contributed by atoms with E-state index in [1.165, 1.54) is 35.0 Å². The fourth-order valence-corrected chi connectivity index (χ4v) is 5.08. The zero-order valence-corrected chi connectivity index (χ0v) is 16.8. The molecule has 2 aromatic heterocycles. The molecule has 1 saturated carbocycles. The van der Waals surface area contributed by atoms with Crippen molar-refractivity contribution in [3.63, 3.8) is 0 Å². The number of fused-ring (bicyclic) bond motifs is 1. The molecule has 1 fully saturated rings. The molecule has 0 unspecified atom stereocenters. The first-order chi connectivity index (χ1) is 12.5. The van der Waals surface area contributed by atoms with E-state index in [1.54, 1.807) is 17.7 Å². The van der Waals surface area contributed by atoms with Crippen LogP contribution in [0.25, 0.3) is 10.2 Å². The van der Waals surface area contributed by atoms with E-state index in [0.717, 1.165) is 28.1 Å². The lowest BCUT2D eigenvalue weighted by Gasteiger charge is -2.12. The van der Waals surface area contributed by atoms with Gasteiger partial charge >= 0.3 is 0 Å². The molecule has 2 N–H and O–H groups in total. The van der Waals surface area contributed by atoms with E-state index >= 15 is 0 Å². The minimum atomic E-state index is -0.0833. The fraction of sp³-hybridized carbons (Fsp3) is 0.556. The standard InChI is InChI=1S/C18H24N4O2S2/c1-11-12(2)26-18-16(11)17(20-10-21-18)25-9-15(24)19-8-7-14(23)22-13-5-3-4-6-13/h10,13H,3-9H2,1-2H3,(H,19,24)(H,22,23). The highest BCUT2D eigenvalue weighted by Crippen LogP contribution is 2.34. The van der Waals surface area contributed by atoms with E-state index in [9.17, 15) is 9.59 Å². The van der Waals surface area contributed by atoms with Crippen molar-refractivity contribution in [2.45, 2.75) is 57.0 Å². The quantitative estimate of drug-likeness (QED) is 0.559. The molecule has 0 spiro atoms. The van der Waals surface area contributed by atoms with Gasteiger partial charge in [-0.2, -0.15) is 0 Å². The molecule has 0 aliphatic heterocycles. The van der Waals surface area contributed by atoms with Crippen molar-refractivity contribution in [3.8, 4) is 0 Å². The maximum Gasteiger partial charge on any atom is 0.230 e. The molecular weight excluding hydrogens is 368 g/mol. The molecule has 3 rings (SSSR count). The van der Waals surface area contributed by atoms with Gasteiger partial charge in [0.2, 0.25) is 11.8 Å². The SMILES string of the molecule is Cc1sc2ncnc(SCC(=O)NCCC(=O)NC3CCCC3)c2c1C. The van der Waals surface area contributed by atoms with Crippen LogP contribution in [0.5, 0.6) is 0 Å². The molecule has 1 aliphatic carbocycles. The third kappa shape index (κ3) is 4.73. The smallest absolute Gasteiger partial charge is 0.230 e. The molecule has 0 aromatic carbocycles. The van der Waals surface area contributed by atoms with Crippen molar-refractivity contribution in [2.24, 2.45) is 0 Å². The Bertz CT molecular complexity index is 800. The van der Waals surface area contributed by atoms with Crippen molar-refractivity contribution in [3.05, 3.63) is 16.8 Å². The Balaban J connectivity index is 1.43. The number of nitrogens with zero attached hydrogens (tertiary/aromatic N) is 2. The molecule has 0 radical (unpaired) electrons. The van der Waals surface area contributed by atoms with E-state index in [-0.39, 0.29) is 17.6 Å². The fourth-order valence-electron chi connectivity index (χ4n) is 3.13. The minimum Gasteiger partial charge on any atom is -0.355 e. The zero-order chi connectivity index (χ0) is 18.5.